The van der Waals surface area contributed by atoms with Crippen LogP contribution >= 0.6 is 0 Å². The van der Waals surface area contributed by atoms with Crippen LogP contribution in [0.2, 0.25) is 0 Å². The van der Waals surface area contributed by atoms with E-state index >= 15 is 0 Å². The zero-order valence-corrected chi connectivity index (χ0v) is 8.04. The third-order valence-corrected chi connectivity index (χ3v) is 2.46. The third kappa shape index (κ3) is 4.84. The molecule has 1 fully saturated rings. The maximum absolute atomic E-state index is 2.35. The molecule has 0 aromatic heterocycles. The molecule has 0 amide bonds. The SMILES string of the molecule is CCC1(C)CC1.CCCC. The Morgan fingerprint density at radius 3 is 1.40 bits per heavy atom. The Labute approximate surface area is 66.0 Å². The molecular weight excluding hydrogens is 120 g/mol. The molecule has 0 spiro atoms. The van der Waals surface area contributed by atoms with Crippen LogP contribution in [0.5, 0.6) is 0 Å². The third-order valence-electron chi connectivity index (χ3n) is 2.46. The van der Waals surface area contributed by atoms with Crippen molar-refractivity contribution in [1.29, 1.82) is 0 Å². The summed E-state index contributed by atoms with van der Waals surface area (Å²) in [6.45, 7) is 8.99. The lowest BCUT2D eigenvalue weighted by Crippen LogP contribution is -1.84. The molecule has 0 N–H and O–H groups in total. The highest BCUT2D eigenvalue weighted by molar-refractivity contribution is 4.86. The second-order valence-corrected chi connectivity index (χ2v) is 3.66. The van der Waals surface area contributed by atoms with Gasteiger partial charge in [-0.3, -0.25) is 0 Å². The summed E-state index contributed by atoms with van der Waals surface area (Å²) in [5.74, 6) is 0. The second kappa shape index (κ2) is 4.76. The van der Waals surface area contributed by atoms with Crippen LogP contribution < -0.4 is 0 Å². The van der Waals surface area contributed by atoms with Gasteiger partial charge in [0, 0.05) is 0 Å². The molecule has 0 heterocycles. The predicted molar refractivity (Wildman–Crippen MR) is 48.2 cm³/mol. The lowest BCUT2D eigenvalue weighted by atomic mass is 10.1. The molecule has 0 saturated heterocycles. The van der Waals surface area contributed by atoms with Crippen molar-refractivity contribution in [2.45, 2.75) is 59.8 Å². The van der Waals surface area contributed by atoms with Crippen molar-refractivity contribution >= 4 is 0 Å². The van der Waals surface area contributed by atoms with E-state index in [0.29, 0.717) is 0 Å². The van der Waals surface area contributed by atoms with Crippen molar-refractivity contribution in [3.63, 3.8) is 0 Å². The summed E-state index contributed by atoms with van der Waals surface area (Å²) >= 11 is 0. The number of hydrogen-bond acceptors (Lipinski definition) is 0. The van der Waals surface area contributed by atoms with Gasteiger partial charge >= 0.3 is 0 Å². The smallest absolute Gasteiger partial charge is 0.0328 e. The van der Waals surface area contributed by atoms with E-state index in [4.69, 9.17) is 0 Å². The minimum absolute atomic E-state index is 0.792. The zero-order chi connectivity index (χ0) is 8.04. The van der Waals surface area contributed by atoms with Crippen molar-refractivity contribution in [1.82, 2.24) is 0 Å². The number of unbranched alkanes of at least 4 members (excludes halogenated alkanes) is 1. The van der Waals surface area contributed by atoms with E-state index in [9.17, 15) is 0 Å². The van der Waals surface area contributed by atoms with E-state index in [1.807, 2.05) is 0 Å². The van der Waals surface area contributed by atoms with E-state index in [1.54, 1.807) is 0 Å². The highest BCUT2D eigenvalue weighted by Crippen LogP contribution is 2.47. The van der Waals surface area contributed by atoms with Gasteiger partial charge in [-0.1, -0.05) is 47.0 Å². The van der Waals surface area contributed by atoms with Gasteiger partial charge in [-0.2, -0.15) is 0 Å². The van der Waals surface area contributed by atoms with Crippen LogP contribution in [0.3, 0.4) is 0 Å². The quantitative estimate of drug-likeness (QED) is 0.546. The predicted octanol–water partition coefficient (Wildman–Crippen LogP) is 4.00. The van der Waals surface area contributed by atoms with Gasteiger partial charge in [-0.05, 0) is 18.3 Å². The van der Waals surface area contributed by atoms with Crippen molar-refractivity contribution in [3.05, 3.63) is 0 Å². The first-order chi connectivity index (χ1) is 4.68. The van der Waals surface area contributed by atoms with E-state index in [0.717, 1.165) is 5.41 Å². The first-order valence-corrected chi connectivity index (χ1v) is 4.68. The van der Waals surface area contributed by atoms with Crippen molar-refractivity contribution < 1.29 is 0 Å². The summed E-state index contributed by atoms with van der Waals surface area (Å²) < 4.78 is 0. The number of rotatable bonds is 2. The molecule has 1 rings (SSSR count). The average Bonchev–Trinajstić information content (AvgIpc) is 2.70. The first-order valence-electron chi connectivity index (χ1n) is 4.68. The van der Waals surface area contributed by atoms with E-state index in [2.05, 4.69) is 27.7 Å². The van der Waals surface area contributed by atoms with E-state index < -0.39 is 0 Å². The largest absolute Gasteiger partial charge is 0.0654 e. The summed E-state index contributed by atoms with van der Waals surface area (Å²) in [6.07, 6.45) is 6.97. The van der Waals surface area contributed by atoms with Crippen LogP contribution in [0.1, 0.15) is 59.8 Å². The molecule has 0 unspecified atom stereocenters. The van der Waals surface area contributed by atoms with Gasteiger partial charge in [0.25, 0.3) is 0 Å². The summed E-state index contributed by atoms with van der Waals surface area (Å²) in [5.41, 5.74) is 0.792. The maximum Gasteiger partial charge on any atom is -0.0328 e. The fourth-order valence-electron chi connectivity index (χ4n) is 0.567. The molecule has 0 nitrogen and oxygen atoms in total. The van der Waals surface area contributed by atoms with E-state index in [-0.39, 0.29) is 0 Å². The first kappa shape index (κ1) is 10.0. The summed E-state index contributed by atoms with van der Waals surface area (Å²) in [5, 5.41) is 0. The minimum atomic E-state index is 0.792. The highest BCUT2D eigenvalue weighted by Gasteiger charge is 2.34. The fraction of sp³-hybridized carbons (Fsp3) is 1.00. The van der Waals surface area contributed by atoms with Gasteiger partial charge in [-0.15, -0.1) is 0 Å². The van der Waals surface area contributed by atoms with Gasteiger partial charge < -0.3 is 0 Å². The van der Waals surface area contributed by atoms with Crippen LogP contribution in [0.4, 0.5) is 0 Å². The minimum Gasteiger partial charge on any atom is -0.0654 e. The standard InChI is InChI=1S/C6H12.C4H10/c1-3-6(2)4-5-6;1-3-4-2/h3-5H2,1-2H3;3-4H2,1-2H3. The molecular formula is C10H22. The van der Waals surface area contributed by atoms with Gasteiger partial charge in [-0.25, -0.2) is 0 Å². The molecule has 1 aliphatic rings. The molecule has 62 valence electrons. The lowest BCUT2D eigenvalue weighted by Gasteiger charge is -1.96. The molecule has 0 aromatic carbocycles. The highest BCUT2D eigenvalue weighted by atomic mass is 14.4. The fourth-order valence-corrected chi connectivity index (χ4v) is 0.567. The lowest BCUT2D eigenvalue weighted by molar-refractivity contribution is 0.551. The molecule has 10 heavy (non-hydrogen) atoms. The normalized spacial score (nSPS) is 19.2. The van der Waals surface area contributed by atoms with Crippen molar-refractivity contribution in [2.24, 2.45) is 5.41 Å². The van der Waals surface area contributed by atoms with Gasteiger partial charge in [0.2, 0.25) is 0 Å². The molecule has 0 bridgehead atoms. The van der Waals surface area contributed by atoms with Crippen LogP contribution in [0, 0.1) is 5.41 Å². The summed E-state index contributed by atoms with van der Waals surface area (Å²) in [4.78, 5) is 0. The Bertz CT molecular complexity index is 68.1. The second-order valence-electron chi connectivity index (χ2n) is 3.66. The molecule has 0 heteroatoms. The van der Waals surface area contributed by atoms with Crippen molar-refractivity contribution in [2.75, 3.05) is 0 Å². The molecule has 1 aliphatic carbocycles. The zero-order valence-electron chi connectivity index (χ0n) is 8.04. The van der Waals surface area contributed by atoms with Crippen LogP contribution in [-0.4, -0.2) is 0 Å². The van der Waals surface area contributed by atoms with Crippen LogP contribution in [0.15, 0.2) is 0 Å². The Morgan fingerprint density at radius 2 is 1.40 bits per heavy atom. The molecule has 0 aromatic rings. The Kier molecular flexibility index (Phi) is 4.76. The Hall–Kier alpha value is 0. The van der Waals surface area contributed by atoms with Gasteiger partial charge in [0.1, 0.15) is 0 Å². The molecule has 1 saturated carbocycles. The van der Waals surface area contributed by atoms with Gasteiger partial charge in [0.05, 0.1) is 0 Å². The molecule has 0 aliphatic heterocycles. The van der Waals surface area contributed by atoms with Crippen molar-refractivity contribution in [3.8, 4) is 0 Å². The number of hydrogen-bond donors (Lipinski definition) is 0. The average molecular weight is 142 g/mol. The van der Waals surface area contributed by atoms with Gasteiger partial charge in [0.15, 0.2) is 0 Å². The maximum atomic E-state index is 2.35. The monoisotopic (exact) mass is 142 g/mol. The Balaban J connectivity index is 0.000000180. The topological polar surface area (TPSA) is 0 Å². The molecule has 0 radical (unpaired) electrons. The van der Waals surface area contributed by atoms with Crippen LogP contribution in [-0.2, 0) is 0 Å². The molecule has 0 atom stereocenters. The van der Waals surface area contributed by atoms with Crippen LogP contribution in [0.25, 0.3) is 0 Å². The summed E-state index contributed by atoms with van der Waals surface area (Å²) in [6, 6.07) is 0. The Morgan fingerprint density at radius 1 is 1.00 bits per heavy atom. The summed E-state index contributed by atoms with van der Waals surface area (Å²) in [7, 11) is 0. The van der Waals surface area contributed by atoms with E-state index in [1.165, 1.54) is 32.1 Å².